The van der Waals surface area contributed by atoms with E-state index in [-0.39, 0.29) is 5.91 Å². The van der Waals surface area contributed by atoms with Crippen molar-refractivity contribution in [3.63, 3.8) is 0 Å². The third kappa shape index (κ3) is 4.22. The Morgan fingerprint density at radius 3 is 2.95 bits per heavy atom. The number of carbonyl (C=O) groups excluding carboxylic acids is 1. The lowest BCUT2D eigenvalue weighted by Gasteiger charge is -2.26. The van der Waals surface area contributed by atoms with Crippen molar-refractivity contribution in [3.05, 3.63) is 33.3 Å². The molecular formula is C15H19BrClNO. The van der Waals surface area contributed by atoms with E-state index in [0.29, 0.717) is 16.5 Å². The first kappa shape index (κ1) is 14.9. The number of nitrogens with one attached hydrogen (secondary N) is 1. The SMILES string of the molecule is CC1CCCC(CNC(=O)c2ccc(Cl)c(Br)c2)C1. The number of carbonyl (C=O) groups is 1. The minimum Gasteiger partial charge on any atom is -0.352 e. The Morgan fingerprint density at radius 1 is 1.47 bits per heavy atom. The van der Waals surface area contributed by atoms with Gasteiger partial charge in [0.05, 0.1) is 5.02 Å². The molecule has 104 valence electrons. The summed E-state index contributed by atoms with van der Waals surface area (Å²) in [5, 5.41) is 3.66. The molecule has 4 heteroatoms. The summed E-state index contributed by atoms with van der Waals surface area (Å²) in [7, 11) is 0. The quantitative estimate of drug-likeness (QED) is 0.849. The molecule has 0 saturated heterocycles. The Labute approximate surface area is 128 Å². The predicted molar refractivity (Wildman–Crippen MR) is 82.6 cm³/mol. The van der Waals surface area contributed by atoms with E-state index >= 15 is 0 Å². The van der Waals surface area contributed by atoms with Gasteiger partial charge in [-0.25, -0.2) is 0 Å². The van der Waals surface area contributed by atoms with Crippen LogP contribution in [0.5, 0.6) is 0 Å². The van der Waals surface area contributed by atoms with Gasteiger partial charge >= 0.3 is 0 Å². The smallest absolute Gasteiger partial charge is 0.251 e. The van der Waals surface area contributed by atoms with Crippen molar-refractivity contribution in [1.29, 1.82) is 0 Å². The number of hydrogen-bond donors (Lipinski definition) is 1. The van der Waals surface area contributed by atoms with Crippen molar-refractivity contribution in [1.82, 2.24) is 5.32 Å². The van der Waals surface area contributed by atoms with Crippen molar-refractivity contribution in [3.8, 4) is 0 Å². The molecule has 0 heterocycles. The molecule has 1 aliphatic carbocycles. The molecule has 0 aromatic heterocycles. The lowest BCUT2D eigenvalue weighted by molar-refractivity contribution is 0.0940. The van der Waals surface area contributed by atoms with Crippen LogP contribution >= 0.6 is 27.5 Å². The van der Waals surface area contributed by atoms with E-state index in [1.54, 1.807) is 18.2 Å². The van der Waals surface area contributed by atoms with Crippen LogP contribution in [0.3, 0.4) is 0 Å². The zero-order valence-electron chi connectivity index (χ0n) is 11.1. The highest BCUT2D eigenvalue weighted by molar-refractivity contribution is 9.10. The fourth-order valence-corrected chi connectivity index (χ4v) is 3.22. The number of halogens is 2. The third-order valence-electron chi connectivity index (χ3n) is 3.78. The maximum absolute atomic E-state index is 12.1. The molecule has 1 N–H and O–H groups in total. The van der Waals surface area contributed by atoms with E-state index in [9.17, 15) is 4.79 Å². The van der Waals surface area contributed by atoms with Crippen LogP contribution in [0.1, 0.15) is 43.0 Å². The number of hydrogen-bond acceptors (Lipinski definition) is 1. The second kappa shape index (κ2) is 6.76. The van der Waals surface area contributed by atoms with Crippen LogP contribution in [-0.2, 0) is 0 Å². The van der Waals surface area contributed by atoms with Crippen LogP contribution in [0.15, 0.2) is 22.7 Å². The summed E-state index contributed by atoms with van der Waals surface area (Å²) in [6.07, 6.45) is 5.07. The molecule has 2 atom stereocenters. The van der Waals surface area contributed by atoms with Crippen molar-refractivity contribution in [2.75, 3.05) is 6.54 Å². The van der Waals surface area contributed by atoms with Crippen LogP contribution in [0, 0.1) is 11.8 Å². The fourth-order valence-electron chi connectivity index (χ4n) is 2.72. The lowest BCUT2D eigenvalue weighted by atomic mass is 9.82. The summed E-state index contributed by atoms with van der Waals surface area (Å²) in [6, 6.07) is 5.26. The van der Waals surface area contributed by atoms with E-state index in [2.05, 4.69) is 28.2 Å². The van der Waals surface area contributed by atoms with Crippen molar-refractivity contribution in [2.45, 2.75) is 32.6 Å². The third-order valence-corrected chi connectivity index (χ3v) is 4.99. The van der Waals surface area contributed by atoms with E-state index in [4.69, 9.17) is 11.6 Å². The molecule has 2 unspecified atom stereocenters. The standard InChI is InChI=1S/C15H19BrClNO/c1-10-3-2-4-11(7-10)9-18-15(19)12-5-6-14(17)13(16)8-12/h5-6,8,10-11H,2-4,7,9H2,1H3,(H,18,19). The Kier molecular flexibility index (Phi) is 5.28. The van der Waals surface area contributed by atoms with Gasteiger partial charge in [-0.05, 0) is 58.8 Å². The second-order valence-corrected chi connectivity index (χ2v) is 6.74. The summed E-state index contributed by atoms with van der Waals surface area (Å²) in [5.74, 6) is 1.40. The Bertz CT molecular complexity index is 463. The second-order valence-electron chi connectivity index (χ2n) is 5.48. The topological polar surface area (TPSA) is 29.1 Å². The minimum atomic E-state index is -0.0180. The van der Waals surface area contributed by atoms with Gasteiger partial charge in [0, 0.05) is 16.6 Å². The van der Waals surface area contributed by atoms with Gasteiger partial charge in [-0.3, -0.25) is 4.79 Å². The molecule has 0 aliphatic heterocycles. The Morgan fingerprint density at radius 2 is 2.26 bits per heavy atom. The van der Waals surface area contributed by atoms with Crippen LogP contribution in [0.2, 0.25) is 5.02 Å². The first-order valence-corrected chi connectivity index (χ1v) is 7.96. The molecule has 1 saturated carbocycles. The van der Waals surface area contributed by atoms with Crippen LogP contribution in [0.25, 0.3) is 0 Å². The zero-order valence-corrected chi connectivity index (χ0v) is 13.4. The fraction of sp³-hybridized carbons (Fsp3) is 0.533. The summed E-state index contributed by atoms with van der Waals surface area (Å²) in [6.45, 7) is 3.08. The zero-order chi connectivity index (χ0) is 13.8. The van der Waals surface area contributed by atoms with Crippen molar-refractivity contribution >= 4 is 33.4 Å². The largest absolute Gasteiger partial charge is 0.352 e. The predicted octanol–water partition coefficient (Wildman–Crippen LogP) is 4.66. The van der Waals surface area contributed by atoms with Gasteiger partial charge in [0.1, 0.15) is 0 Å². The minimum absolute atomic E-state index is 0.0180. The van der Waals surface area contributed by atoms with Crippen LogP contribution < -0.4 is 5.32 Å². The molecule has 1 aromatic rings. The normalized spacial score (nSPS) is 23.1. The van der Waals surface area contributed by atoms with Gasteiger partial charge in [0.2, 0.25) is 0 Å². The molecule has 2 nitrogen and oxygen atoms in total. The van der Waals surface area contributed by atoms with E-state index in [1.165, 1.54) is 25.7 Å². The summed E-state index contributed by atoms with van der Waals surface area (Å²) >= 11 is 9.26. The maximum Gasteiger partial charge on any atom is 0.251 e. The molecular weight excluding hydrogens is 326 g/mol. The van der Waals surface area contributed by atoms with Gasteiger partial charge in [-0.15, -0.1) is 0 Å². The van der Waals surface area contributed by atoms with E-state index in [1.807, 2.05) is 0 Å². The molecule has 1 amide bonds. The number of amides is 1. The van der Waals surface area contributed by atoms with E-state index in [0.717, 1.165) is 16.9 Å². The Balaban J connectivity index is 1.88. The first-order valence-electron chi connectivity index (χ1n) is 6.79. The molecule has 19 heavy (non-hydrogen) atoms. The summed E-state index contributed by atoms with van der Waals surface area (Å²) in [5.41, 5.74) is 0.653. The van der Waals surface area contributed by atoms with Crippen molar-refractivity contribution in [2.24, 2.45) is 11.8 Å². The van der Waals surface area contributed by atoms with Gasteiger partial charge in [-0.1, -0.05) is 31.4 Å². The highest BCUT2D eigenvalue weighted by Gasteiger charge is 2.19. The monoisotopic (exact) mass is 343 g/mol. The van der Waals surface area contributed by atoms with Gasteiger partial charge in [-0.2, -0.15) is 0 Å². The molecule has 0 radical (unpaired) electrons. The summed E-state index contributed by atoms with van der Waals surface area (Å²) in [4.78, 5) is 12.1. The van der Waals surface area contributed by atoms with Gasteiger partial charge in [0.25, 0.3) is 5.91 Å². The average molecular weight is 345 g/mol. The highest BCUT2D eigenvalue weighted by atomic mass is 79.9. The average Bonchev–Trinajstić information content (AvgIpc) is 2.39. The Hall–Kier alpha value is -0.540. The maximum atomic E-state index is 12.1. The molecule has 0 spiro atoms. The van der Waals surface area contributed by atoms with Gasteiger partial charge < -0.3 is 5.32 Å². The summed E-state index contributed by atoms with van der Waals surface area (Å²) < 4.78 is 0.758. The molecule has 1 aliphatic rings. The van der Waals surface area contributed by atoms with E-state index < -0.39 is 0 Å². The number of benzene rings is 1. The van der Waals surface area contributed by atoms with Crippen molar-refractivity contribution < 1.29 is 4.79 Å². The molecule has 1 fully saturated rings. The number of rotatable bonds is 3. The van der Waals surface area contributed by atoms with Crippen LogP contribution in [0.4, 0.5) is 0 Å². The molecule has 0 bridgehead atoms. The van der Waals surface area contributed by atoms with Crippen LogP contribution in [-0.4, -0.2) is 12.5 Å². The lowest BCUT2D eigenvalue weighted by Crippen LogP contribution is -2.31. The first-order chi connectivity index (χ1) is 9.06. The molecule has 1 aromatic carbocycles. The highest BCUT2D eigenvalue weighted by Crippen LogP contribution is 2.28. The molecule has 2 rings (SSSR count). The van der Waals surface area contributed by atoms with Gasteiger partial charge in [0.15, 0.2) is 0 Å².